The van der Waals surface area contributed by atoms with Crippen molar-refractivity contribution >= 4 is 0 Å². The summed E-state index contributed by atoms with van der Waals surface area (Å²) in [6, 6.07) is 0. The van der Waals surface area contributed by atoms with Crippen molar-refractivity contribution in [3.63, 3.8) is 0 Å². The first-order chi connectivity index (χ1) is 6.84. The van der Waals surface area contributed by atoms with Crippen molar-refractivity contribution in [2.75, 3.05) is 0 Å². The molecule has 1 aliphatic carbocycles. The van der Waals surface area contributed by atoms with Crippen LogP contribution >= 0.6 is 0 Å². The fraction of sp³-hybridized carbons (Fsp3) is 0.714. The zero-order chi connectivity index (χ0) is 11.8. The summed E-state index contributed by atoms with van der Waals surface area (Å²) in [6.45, 7) is 14.4. The Kier molecular flexibility index (Phi) is 3.42. The molecule has 0 aromatic rings. The van der Waals surface area contributed by atoms with E-state index < -0.39 is 0 Å². The maximum absolute atomic E-state index is 13.6. The molecule has 86 valence electrons. The maximum atomic E-state index is 13.6. The third kappa shape index (κ3) is 1.77. The molecule has 0 fully saturated rings. The lowest BCUT2D eigenvalue weighted by molar-refractivity contribution is 0.160. The van der Waals surface area contributed by atoms with E-state index in [1.165, 1.54) is 5.57 Å². The Morgan fingerprint density at radius 3 is 2.00 bits per heavy atom. The third-order valence-electron chi connectivity index (χ3n) is 4.14. The van der Waals surface area contributed by atoms with Gasteiger partial charge in [-0.1, -0.05) is 39.8 Å². The summed E-state index contributed by atoms with van der Waals surface area (Å²) < 4.78 is 13.6. The second-order valence-corrected chi connectivity index (χ2v) is 5.41. The first-order valence-electron chi connectivity index (χ1n) is 5.89. The van der Waals surface area contributed by atoms with Crippen molar-refractivity contribution in [1.29, 1.82) is 0 Å². The Hall–Kier alpha value is -0.590. The number of allylic oxidation sites excluding steroid dienone is 3. The lowest BCUT2D eigenvalue weighted by Gasteiger charge is -2.40. The fourth-order valence-electron chi connectivity index (χ4n) is 3.35. The lowest BCUT2D eigenvalue weighted by atomic mass is 9.64. The van der Waals surface area contributed by atoms with Crippen LogP contribution in [0.5, 0.6) is 0 Å². The van der Waals surface area contributed by atoms with E-state index in [1.807, 2.05) is 6.92 Å². The van der Waals surface area contributed by atoms with E-state index in [2.05, 4.69) is 34.3 Å². The average molecular weight is 210 g/mol. The predicted molar refractivity (Wildman–Crippen MR) is 64.3 cm³/mol. The van der Waals surface area contributed by atoms with Gasteiger partial charge in [-0.2, -0.15) is 0 Å². The topological polar surface area (TPSA) is 0 Å². The molecule has 0 bridgehead atoms. The quantitative estimate of drug-likeness (QED) is 0.623. The minimum atomic E-state index is -0.215. The molecule has 0 saturated carbocycles. The molecule has 0 spiro atoms. The molecule has 0 aromatic carbocycles. The van der Waals surface area contributed by atoms with Gasteiger partial charge in [0.1, 0.15) is 5.83 Å². The van der Waals surface area contributed by atoms with E-state index >= 15 is 0 Å². The SMILES string of the molecule is C=C(F)C1=C(C)CCC1(C(C)C)C(C)C. The smallest absolute Gasteiger partial charge is 0.119 e. The lowest BCUT2D eigenvalue weighted by Crippen LogP contribution is -2.33. The Balaban J connectivity index is 3.28. The highest BCUT2D eigenvalue weighted by atomic mass is 19.1. The molecule has 0 radical (unpaired) electrons. The molecule has 0 unspecified atom stereocenters. The van der Waals surface area contributed by atoms with E-state index in [-0.39, 0.29) is 11.2 Å². The zero-order valence-corrected chi connectivity index (χ0v) is 10.7. The Bertz CT molecular complexity index is 286. The van der Waals surface area contributed by atoms with Crippen LogP contribution in [0.2, 0.25) is 0 Å². The van der Waals surface area contributed by atoms with Gasteiger partial charge in [-0.05, 0) is 37.2 Å². The molecule has 0 atom stereocenters. The summed E-state index contributed by atoms with van der Waals surface area (Å²) in [5.74, 6) is 0.724. The second-order valence-electron chi connectivity index (χ2n) is 5.41. The summed E-state index contributed by atoms with van der Waals surface area (Å²) in [6.07, 6.45) is 2.10. The van der Waals surface area contributed by atoms with Gasteiger partial charge in [-0.15, -0.1) is 0 Å². The van der Waals surface area contributed by atoms with Crippen molar-refractivity contribution in [2.24, 2.45) is 17.3 Å². The molecular weight excluding hydrogens is 187 g/mol. The minimum Gasteiger partial charge on any atom is -0.207 e. The van der Waals surface area contributed by atoms with Crippen LogP contribution in [0.25, 0.3) is 0 Å². The van der Waals surface area contributed by atoms with E-state index in [0.29, 0.717) is 11.8 Å². The summed E-state index contributed by atoms with van der Waals surface area (Å²) in [5, 5.41) is 0. The molecule has 0 N–H and O–H groups in total. The van der Waals surface area contributed by atoms with Gasteiger partial charge >= 0.3 is 0 Å². The Morgan fingerprint density at radius 1 is 1.27 bits per heavy atom. The van der Waals surface area contributed by atoms with E-state index in [0.717, 1.165) is 18.4 Å². The summed E-state index contributed by atoms with van der Waals surface area (Å²) in [5.41, 5.74) is 2.12. The van der Waals surface area contributed by atoms with Gasteiger partial charge in [0, 0.05) is 5.41 Å². The van der Waals surface area contributed by atoms with Crippen LogP contribution in [-0.4, -0.2) is 0 Å². The molecular formula is C14H23F. The molecule has 0 aromatic heterocycles. The molecule has 0 heterocycles. The van der Waals surface area contributed by atoms with Gasteiger partial charge in [-0.3, -0.25) is 0 Å². The van der Waals surface area contributed by atoms with Gasteiger partial charge < -0.3 is 0 Å². The van der Waals surface area contributed by atoms with Crippen LogP contribution in [-0.2, 0) is 0 Å². The monoisotopic (exact) mass is 210 g/mol. The molecule has 0 aliphatic heterocycles. The van der Waals surface area contributed by atoms with Gasteiger partial charge in [0.15, 0.2) is 0 Å². The molecule has 0 nitrogen and oxygen atoms in total. The largest absolute Gasteiger partial charge is 0.207 e. The molecule has 1 aliphatic rings. The van der Waals surface area contributed by atoms with Crippen LogP contribution < -0.4 is 0 Å². The van der Waals surface area contributed by atoms with Gasteiger partial charge in [0.25, 0.3) is 0 Å². The van der Waals surface area contributed by atoms with Crippen molar-refractivity contribution in [2.45, 2.75) is 47.5 Å². The Morgan fingerprint density at radius 2 is 1.73 bits per heavy atom. The fourth-order valence-corrected chi connectivity index (χ4v) is 3.35. The average Bonchev–Trinajstić information content (AvgIpc) is 2.43. The van der Waals surface area contributed by atoms with Crippen molar-refractivity contribution < 1.29 is 4.39 Å². The van der Waals surface area contributed by atoms with E-state index in [4.69, 9.17) is 0 Å². The van der Waals surface area contributed by atoms with Crippen LogP contribution in [0.15, 0.2) is 23.6 Å². The normalized spacial score (nSPS) is 20.5. The van der Waals surface area contributed by atoms with Gasteiger partial charge in [-0.25, -0.2) is 4.39 Å². The van der Waals surface area contributed by atoms with Crippen LogP contribution in [0.3, 0.4) is 0 Å². The maximum Gasteiger partial charge on any atom is 0.119 e. The van der Waals surface area contributed by atoms with Crippen LogP contribution in [0.1, 0.15) is 47.5 Å². The summed E-state index contributed by atoms with van der Waals surface area (Å²) >= 11 is 0. The second kappa shape index (κ2) is 4.11. The number of hydrogen-bond acceptors (Lipinski definition) is 0. The molecule has 0 saturated heterocycles. The molecule has 1 heteroatoms. The predicted octanol–water partition coefficient (Wildman–Crippen LogP) is 4.88. The molecule has 1 rings (SSSR count). The van der Waals surface area contributed by atoms with Crippen molar-refractivity contribution in [3.05, 3.63) is 23.6 Å². The number of hydrogen-bond donors (Lipinski definition) is 0. The summed E-state index contributed by atoms with van der Waals surface area (Å²) in [4.78, 5) is 0. The minimum absolute atomic E-state index is 0.00984. The Labute approximate surface area is 93.3 Å². The van der Waals surface area contributed by atoms with Crippen LogP contribution in [0.4, 0.5) is 4.39 Å². The molecule has 0 amide bonds. The van der Waals surface area contributed by atoms with Gasteiger partial charge in [0.2, 0.25) is 0 Å². The van der Waals surface area contributed by atoms with Gasteiger partial charge in [0.05, 0.1) is 0 Å². The first kappa shape index (κ1) is 12.5. The highest BCUT2D eigenvalue weighted by Gasteiger charge is 2.45. The zero-order valence-electron chi connectivity index (χ0n) is 10.7. The van der Waals surface area contributed by atoms with E-state index in [9.17, 15) is 4.39 Å². The number of halogens is 1. The highest BCUT2D eigenvalue weighted by molar-refractivity contribution is 5.40. The van der Waals surface area contributed by atoms with Crippen LogP contribution in [0, 0.1) is 17.3 Å². The first-order valence-corrected chi connectivity index (χ1v) is 5.89. The number of rotatable bonds is 3. The standard InChI is InChI=1S/C14H23F/c1-9(2)14(10(3)4)8-7-11(5)13(14)12(6)15/h9-10H,6-8H2,1-5H3. The molecule has 15 heavy (non-hydrogen) atoms. The highest BCUT2D eigenvalue weighted by Crippen LogP contribution is 2.55. The third-order valence-corrected chi connectivity index (χ3v) is 4.14. The summed E-state index contributed by atoms with van der Waals surface area (Å²) in [7, 11) is 0. The van der Waals surface area contributed by atoms with Crippen molar-refractivity contribution in [3.8, 4) is 0 Å². The van der Waals surface area contributed by atoms with E-state index in [1.54, 1.807) is 0 Å². The van der Waals surface area contributed by atoms with Crippen molar-refractivity contribution in [1.82, 2.24) is 0 Å².